The summed E-state index contributed by atoms with van der Waals surface area (Å²) in [6.07, 6.45) is 3.64. The molecule has 0 amide bonds. The Hall–Kier alpha value is -3.61. The minimum absolute atomic E-state index is 0.0678. The van der Waals surface area contributed by atoms with E-state index < -0.39 is 0 Å². The molecule has 0 radical (unpaired) electrons. The van der Waals surface area contributed by atoms with Crippen LogP contribution in [0.5, 0.6) is 11.5 Å². The highest BCUT2D eigenvalue weighted by Gasteiger charge is 2.33. The topological polar surface area (TPSA) is 52.8 Å². The second-order valence-corrected chi connectivity index (χ2v) is 10.2. The Morgan fingerprint density at radius 1 is 1.00 bits per heavy atom. The summed E-state index contributed by atoms with van der Waals surface area (Å²) < 4.78 is 13.4. The highest BCUT2D eigenvalue weighted by molar-refractivity contribution is 7.07. The zero-order valence-electron chi connectivity index (χ0n) is 18.5. The van der Waals surface area contributed by atoms with Gasteiger partial charge < -0.3 is 9.47 Å². The first-order valence-electron chi connectivity index (χ1n) is 11.4. The predicted molar refractivity (Wildman–Crippen MR) is 137 cm³/mol. The average Bonchev–Trinajstić information content (AvgIpc) is 3.47. The van der Waals surface area contributed by atoms with Crippen molar-refractivity contribution in [2.45, 2.75) is 18.9 Å². The van der Waals surface area contributed by atoms with Crippen LogP contribution < -0.4 is 24.4 Å². The highest BCUT2D eigenvalue weighted by atomic mass is 35.5. The second kappa shape index (κ2) is 7.97. The van der Waals surface area contributed by atoms with Gasteiger partial charge >= 0.3 is 0 Å². The Bertz CT molecular complexity index is 1730. The van der Waals surface area contributed by atoms with Crippen molar-refractivity contribution in [2.24, 2.45) is 4.99 Å². The summed E-state index contributed by atoms with van der Waals surface area (Å²) in [6, 6.07) is 21.6. The third kappa shape index (κ3) is 3.28. The number of allylic oxidation sites excluding steroid dienone is 1. The number of hydrogen-bond donors (Lipinski definition) is 0. The molecule has 1 aliphatic carbocycles. The number of hydrogen-bond acceptors (Lipinski definition) is 5. The lowest BCUT2D eigenvalue weighted by Crippen LogP contribution is -2.38. The van der Waals surface area contributed by atoms with Crippen LogP contribution in [0.15, 0.2) is 82.1 Å². The van der Waals surface area contributed by atoms with Crippen molar-refractivity contribution >= 4 is 34.7 Å². The minimum atomic E-state index is -0.290. The number of benzene rings is 3. The molecule has 3 heterocycles. The fourth-order valence-corrected chi connectivity index (χ4v) is 6.39. The van der Waals surface area contributed by atoms with Gasteiger partial charge in [0.15, 0.2) is 16.3 Å². The molecule has 0 bridgehead atoms. The van der Waals surface area contributed by atoms with Gasteiger partial charge in [-0.2, -0.15) is 0 Å². The van der Waals surface area contributed by atoms with Crippen molar-refractivity contribution in [1.82, 2.24) is 4.57 Å². The lowest BCUT2D eigenvalue weighted by atomic mass is 9.83. The maximum Gasteiger partial charge on any atom is 0.271 e. The van der Waals surface area contributed by atoms with Crippen molar-refractivity contribution in [1.29, 1.82) is 0 Å². The summed E-state index contributed by atoms with van der Waals surface area (Å²) in [5.41, 5.74) is 6.26. The molecule has 35 heavy (non-hydrogen) atoms. The van der Waals surface area contributed by atoms with E-state index in [1.54, 1.807) is 0 Å². The van der Waals surface area contributed by atoms with Crippen LogP contribution >= 0.6 is 22.9 Å². The normalized spacial score (nSPS) is 18.1. The molecule has 1 unspecified atom stereocenters. The van der Waals surface area contributed by atoms with E-state index in [2.05, 4.69) is 18.2 Å². The first-order chi connectivity index (χ1) is 17.2. The minimum Gasteiger partial charge on any atom is -0.454 e. The summed E-state index contributed by atoms with van der Waals surface area (Å²) in [6.45, 7) is 0.214. The Balaban J connectivity index is 1.48. The van der Waals surface area contributed by atoms with E-state index in [9.17, 15) is 4.79 Å². The molecule has 7 heteroatoms. The van der Waals surface area contributed by atoms with Gasteiger partial charge in [0.1, 0.15) is 0 Å². The number of thiazole rings is 1. The molecule has 3 aliphatic rings. The SMILES string of the molecule is O=c1/c(=C/c2ccc3c(c2)OCO3)sc2n1C(c1ccccc1Cl)C1=C(N=2)c2ccccc2CC1. The van der Waals surface area contributed by atoms with Gasteiger partial charge in [0.05, 0.1) is 16.3 Å². The third-order valence-corrected chi connectivity index (χ3v) is 8.09. The van der Waals surface area contributed by atoms with Crippen LogP contribution in [0.4, 0.5) is 0 Å². The van der Waals surface area contributed by atoms with Crippen molar-refractivity contribution < 1.29 is 9.47 Å². The zero-order chi connectivity index (χ0) is 23.5. The maximum atomic E-state index is 13.8. The van der Waals surface area contributed by atoms with Crippen LogP contribution in [-0.2, 0) is 6.42 Å². The Morgan fingerprint density at radius 3 is 2.74 bits per heavy atom. The number of fused-ring (bicyclic) bond motifs is 4. The van der Waals surface area contributed by atoms with E-state index >= 15 is 0 Å². The fourth-order valence-electron chi connectivity index (χ4n) is 5.15. The molecule has 4 aromatic rings. The molecule has 1 atom stereocenters. The standard InChI is InChI=1S/C28H19ClN2O3S/c29-21-8-4-3-7-19(21)26-20-11-10-17-5-1-2-6-18(17)25(20)30-28-31(26)27(32)24(35-28)14-16-9-12-22-23(13-16)34-15-33-22/h1-9,12-14,26H,10-11,15H2/b24-14-. The van der Waals surface area contributed by atoms with Crippen molar-refractivity contribution in [3.8, 4) is 11.5 Å². The van der Waals surface area contributed by atoms with Crippen molar-refractivity contribution in [2.75, 3.05) is 6.79 Å². The van der Waals surface area contributed by atoms with Crippen LogP contribution in [0, 0.1) is 0 Å². The van der Waals surface area contributed by atoms with Crippen LogP contribution in [0.3, 0.4) is 0 Å². The predicted octanol–water partition coefficient (Wildman–Crippen LogP) is 4.70. The summed E-state index contributed by atoms with van der Waals surface area (Å²) in [5, 5.41) is 0.649. The van der Waals surface area contributed by atoms with E-state index in [4.69, 9.17) is 26.1 Å². The highest BCUT2D eigenvalue weighted by Crippen LogP contribution is 2.42. The Morgan fingerprint density at radius 2 is 1.83 bits per heavy atom. The molecule has 0 fully saturated rings. The molecular formula is C28H19ClN2O3S. The van der Waals surface area contributed by atoms with Gasteiger partial charge in [-0.15, -0.1) is 0 Å². The van der Waals surface area contributed by atoms with Crippen molar-refractivity contribution in [3.63, 3.8) is 0 Å². The number of aromatic nitrogens is 1. The van der Waals surface area contributed by atoms with Gasteiger partial charge in [0.2, 0.25) is 6.79 Å². The maximum absolute atomic E-state index is 13.8. The number of nitrogens with zero attached hydrogens (tertiary/aromatic N) is 2. The van der Waals surface area contributed by atoms with Gasteiger partial charge in [-0.1, -0.05) is 71.5 Å². The number of rotatable bonds is 2. The number of ether oxygens (including phenoxy) is 2. The lowest BCUT2D eigenvalue weighted by Gasteiger charge is -2.31. The molecule has 2 aliphatic heterocycles. The first kappa shape index (κ1) is 20.7. The van der Waals surface area contributed by atoms with Gasteiger partial charge in [-0.05, 0) is 59.4 Å². The second-order valence-electron chi connectivity index (χ2n) is 8.75. The quantitative estimate of drug-likeness (QED) is 0.402. The fraction of sp³-hybridized carbons (Fsp3) is 0.143. The largest absolute Gasteiger partial charge is 0.454 e. The third-order valence-electron chi connectivity index (χ3n) is 6.77. The summed E-state index contributed by atoms with van der Waals surface area (Å²) in [5.74, 6) is 1.40. The molecular weight excluding hydrogens is 480 g/mol. The zero-order valence-corrected chi connectivity index (χ0v) is 20.1. The van der Waals surface area contributed by atoms with E-state index in [0.717, 1.165) is 40.8 Å². The molecule has 0 saturated carbocycles. The number of halogens is 1. The monoisotopic (exact) mass is 498 g/mol. The summed E-state index contributed by atoms with van der Waals surface area (Å²) in [4.78, 5) is 19.6. The van der Waals surface area contributed by atoms with E-state index in [1.807, 2.05) is 59.2 Å². The summed E-state index contributed by atoms with van der Waals surface area (Å²) in [7, 11) is 0. The van der Waals surface area contributed by atoms with Crippen LogP contribution in [-0.4, -0.2) is 11.4 Å². The van der Waals surface area contributed by atoms with Gasteiger partial charge in [-0.25, -0.2) is 4.99 Å². The number of aryl methyl sites for hydroxylation is 1. The van der Waals surface area contributed by atoms with E-state index in [-0.39, 0.29) is 18.4 Å². The van der Waals surface area contributed by atoms with E-state index in [1.165, 1.54) is 16.9 Å². The molecule has 1 aromatic heterocycles. The van der Waals surface area contributed by atoms with Crippen LogP contribution in [0.2, 0.25) is 5.02 Å². The molecule has 0 N–H and O–H groups in total. The smallest absolute Gasteiger partial charge is 0.271 e. The molecule has 172 valence electrons. The Kier molecular flexibility index (Phi) is 4.72. The molecule has 5 nitrogen and oxygen atoms in total. The molecule has 3 aromatic carbocycles. The van der Waals surface area contributed by atoms with Gasteiger partial charge in [-0.3, -0.25) is 9.36 Å². The van der Waals surface area contributed by atoms with Crippen molar-refractivity contribution in [3.05, 3.63) is 119 Å². The van der Waals surface area contributed by atoms with Crippen LogP contribution in [0.25, 0.3) is 11.8 Å². The summed E-state index contributed by atoms with van der Waals surface area (Å²) >= 11 is 8.10. The average molecular weight is 499 g/mol. The first-order valence-corrected chi connectivity index (χ1v) is 12.6. The Labute approximate surface area is 209 Å². The lowest BCUT2D eigenvalue weighted by molar-refractivity contribution is 0.174. The molecule has 0 spiro atoms. The van der Waals surface area contributed by atoms with Crippen LogP contribution in [0.1, 0.15) is 34.7 Å². The molecule has 7 rings (SSSR count). The molecule has 0 saturated heterocycles. The van der Waals surface area contributed by atoms with Gasteiger partial charge in [0, 0.05) is 10.6 Å². The van der Waals surface area contributed by atoms with E-state index in [0.29, 0.717) is 25.9 Å². The van der Waals surface area contributed by atoms with Gasteiger partial charge in [0.25, 0.3) is 5.56 Å².